The second-order valence-corrected chi connectivity index (χ2v) is 5.59. The van der Waals surface area contributed by atoms with Crippen molar-refractivity contribution in [1.82, 2.24) is 0 Å². The highest BCUT2D eigenvalue weighted by Gasteiger charge is 2.01. The summed E-state index contributed by atoms with van der Waals surface area (Å²) in [6.45, 7) is 2.01. The van der Waals surface area contributed by atoms with Gasteiger partial charge in [0.25, 0.3) is 0 Å². The highest BCUT2D eigenvalue weighted by Crippen LogP contribution is 2.21. The van der Waals surface area contributed by atoms with E-state index in [-0.39, 0.29) is 5.78 Å². The fourth-order valence-electron chi connectivity index (χ4n) is 1.39. The molecule has 0 radical (unpaired) electrons. The number of benzene rings is 1. The number of rotatable bonds is 3. The molecule has 0 amide bonds. The van der Waals surface area contributed by atoms with Crippen molar-refractivity contribution >= 4 is 39.1 Å². The molecule has 1 aromatic carbocycles. The molecule has 0 fully saturated rings. The van der Waals surface area contributed by atoms with Gasteiger partial charge in [-0.25, -0.2) is 0 Å². The molecule has 1 aromatic heterocycles. The van der Waals surface area contributed by atoms with E-state index in [1.807, 2.05) is 48.7 Å². The van der Waals surface area contributed by atoms with E-state index < -0.39 is 0 Å². The summed E-state index contributed by atoms with van der Waals surface area (Å²) in [4.78, 5) is 12.9. The van der Waals surface area contributed by atoms with E-state index in [1.54, 1.807) is 17.4 Å². The van der Waals surface area contributed by atoms with Gasteiger partial charge >= 0.3 is 0 Å². The monoisotopic (exact) mass is 306 g/mol. The van der Waals surface area contributed by atoms with Crippen LogP contribution < -0.4 is 0 Å². The lowest BCUT2D eigenvalue weighted by Gasteiger charge is -1.96. The molecule has 1 nitrogen and oxygen atoms in total. The third kappa shape index (κ3) is 3.38. The maximum absolute atomic E-state index is 11.8. The molecule has 1 heterocycles. The van der Waals surface area contributed by atoms with Crippen LogP contribution >= 0.6 is 27.3 Å². The van der Waals surface area contributed by atoms with Gasteiger partial charge in [-0.15, -0.1) is 11.3 Å². The van der Waals surface area contributed by atoms with Gasteiger partial charge in [-0.3, -0.25) is 4.79 Å². The first-order valence-corrected chi connectivity index (χ1v) is 6.85. The van der Waals surface area contributed by atoms with Crippen LogP contribution in [0.5, 0.6) is 0 Å². The Balaban J connectivity index is 2.11. The second kappa shape index (κ2) is 5.43. The summed E-state index contributed by atoms with van der Waals surface area (Å²) in [5, 5.41) is 2.00. The predicted molar refractivity (Wildman–Crippen MR) is 76.6 cm³/mol. The van der Waals surface area contributed by atoms with Crippen molar-refractivity contribution in [3.05, 3.63) is 62.3 Å². The highest BCUT2D eigenvalue weighted by molar-refractivity contribution is 9.10. The maximum atomic E-state index is 11.8. The smallest absolute Gasteiger partial charge is 0.185 e. The normalized spacial score (nSPS) is 10.9. The molecule has 0 atom stereocenters. The van der Waals surface area contributed by atoms with E-state index in [0.717, 1.165) is 20.5 Å². The van der Waals surface area contributed by atoms with Gasteiger partial charge in [0.05, 0.1) is 0 Å². The van der Waals surface area contributed by atoms with Crippen LogP contribution in [0.1, 0.15) is 20.8 Å². The Kier molecular flexibility index (Phi) is 3.92. The zero-order valence-electron chi connectivity index (χ0n) is 9.31. The maximum Gasteiger partial charge on any atom is 0.185 e. The van der Waals surface area contributed by atoms with E-state index in [4.69, 9.17) is 0 Å². The summed E-state index contributed by atoms with van der Waals surface area (Å²) in [6, 6.07) is 9.59. The van der Waals surface area contributed by atoms with Crippen LogP contribution in [-0.4, -0.2) is 5.78 Å². The van der Waals surface area contributed by atoms with Crippen LogP contribution in [0.2, 0.25) is 0 Å². The van der Waals surface area contributed by atoms with Crippen LogP contribution in [0.4, 0.5) is 0 Å². The fourth-order valence-corrected chi connectivity index (χ4v) is 2.72. The molecule has 0 unspecified atom stereocenters. The summed E-state index contributed by atoms with van der Waals surface area (Å²) in [6.07, 6.45) is 3.46. The number of carbonyl (C=O) groups excluding carboxylic acids is 1. The number of carbonyl (C=O) groups is 1. The Morgan fingerprint density at radius 3 is 2.59 bits per heavy atom. The van der Waals surface area contributed by atoms with Gasteiger partial charge in [-0.1, -0.05) is 29.8 Å². The number of ketones is 1. The first-order valence-electron chi connectivity index (χ1n) is 5.18. The topological polar surface area (TPSA) is 17.1 Å². The molecule has 0 saturated carbocycles. The van der Waals surface area contributed by atoms with Gasteiger partial charge in [-0.2, -0.15) is 0 Å². The van der Waals surface area contributed by atoms with E-state index in [1.165, 1.54) is 0 Å². The molecule has 0 spiro atoms. The van der Waals surface area contributed by atoms with Gasteiger partial charge < -0.3 is 0 Å². The molecule has 3 heteroatoms. The van der Waals surface area contributed by atoms with Crippen LogP contribution in [0.3, 0.4) is 0 Å². The van der Waals surface area contributed by atoms with Gasteiger partial charge in [0.15, 0.2) is 5.78 Å². The number of aryl methyl sites for hydroxylation is 1. The first kappa shape index (κ1) is 12.3. The van der Waals surface area contributed by atoms with Gasteiger partial charge in [0.1, 0.15) is 0 Å². The molecule has 2 aromatic rings. The quantitative estimate of drug-likeness (QED) is 0.592. The third-order valence-electron chi connectivity index (χ3n) is 2.32. The number of hydrogen-bond donors (Lipinski definition) is 0. The minimum Gasteiger partial charge on any atom is -0.289 e. The highest BCUT2D eigenvalue weighted by atomic mass is 79.9. The lowest BCUT2D eigenvalue weighted by Crippen LogP contribution is -1.93. The lowest BCUT2D eigenvalue weighted by atomic mass is 10.1. The Labute approximate surface area is 113 Å². The third-order valence-corrected chi connectivity index (χ3v) is 3.98. The van der Waals surface area contributed by atoms with E-state index >= 15 is 0 Å². The molecule has 0 bridgehead atoms. The summed E-state index contributed by atoms with van der Waals surface area (Å²) < 4.78 is 1.05. The van der Waals surface area contributed by atoms with Crippen molar-refractivity contribution in [2.45, 2.75) is 6.92 Å². The number of halogens is 1. The number of thiophene rings is 1. The van der Waals surface area contributed by atoms with Crippen molar-refractivity contribution in [1.29, 1.82) is 0 Å². The van der Waals surface area contributed by atoms with Crippen molar-refractivity contribution in [3.63, 3.8) is 0 Å². The van der Waals surface area contributed by atoms with Crippen LogP contribution in [0.15, 0.2) is 46.3 Å². The molecule has 0 aliphatic carbocycles. The molecular formula is C14H11BrOS. The second-order valence-electron chi connectivity index (χ2n) is 3.73. The van der Waals surface area contributed by atoms with Crippen LogP contribution in [0, 0.1) is 6.92 Å². The van der Waals surface area contributed by atoms with Crippen molar-refractivity contribution < 1.29 is 4.79 Å². The Hall–Kier alpha value is -1.19. The fraction of sp³-hybridized carbons (Fsp3) is 0.0714. The van der Waals surface area contributed by atoms with Crippen molar-refractivity contribution in [3.8, 4) is 0 Å². The van der Waals surface area contributed by atoms with Gasteiger partial charge in [0.2, 0.25) is 0 Å². The zero-order valence-corrected chi connectivity index (χ0v) is 11.7. The Morgan fingerprint density at radius 1 is 1.29 bits per heavy atom. The summed E-state index contributed by atoms with van der Waals surface area (Å²) in [5.41, 5.74) is 1.88. The summed E-state index contributed by atoms with van der Waals surface area (Å²) in [7, 11) is 0. The van der Waals surface area contributed by atoms with E-state index in [9.17, 15) is 4.79 Å². The summed E-state index contributed by atoms with van der Waals surface area (Å²) in [5.74, 6) is 0.0366. The number of hydrogen-bond acceptors (Lipinski definition) is 2. The molecule has 0 saturated heterocycles. The van der Waals surface area contributed by atoms with Crippen LogP contribution in [-0.2, 0) is 0 Å². The molecule has 17 heavy (non-hydrogen) atoms. The zero-order chi connectivity index (χ0) is 12.3. The standard InChI is InChI=1S/C14H11BrOS/c1-10-2-4-11(5-3-10)14(16)7-6-13-8-12(15)9-17-13/h2-9H,1H3/b7-6+. The molecule has 2 rings (SSSR count). The minimum atomic E-state index is 0.0366. The molecular weight excluding hydrogens is 296 g/mol. The average Bonchev–Trinajstić information content (AvgIpc) is 2.73. The minimum absolute atomic E-state index is 0.0366. The van der Waals surface area contributed by atoms with Crippen molar-refractivity contribution in [2.75, 3.05) is 0 Å². The molecule has 86 valence electrons. The Bertz CT molecular complexity index is 552. The average molecular weight is 307 g/mol. The number of allylic oxidation sites excluding steroid dienone is 1. The largest absolute Gasteiger partial charge is 0.289 e. The van der Waals surface area contributed by atoms with Crippen LogP contribution in [0.25, 0.3) is 6.08 Å². The van der Waals surface area contributed by atoms with Crippen molar-refractivity contribution in [2.24, 2.45) is 0 Å². The molecule has 0 N–H and O–H groups in total. The van der Waals surface area contributed by atoms with Gasteiger partial charge in [-0.05, 0) is 41.1 Å². The van der Waals surface area contributed by atoms with E-state index in [0.29, 0.717) is 0 Å². The Morgan fingerprint density at radius 2 is 2.00 bits per heavy atom. The van der Waals surface area contributed by atoms with E-state index in [2.05, 4.69) is 15.9 Å². The first-order chi connectivity index (χ1) is 8.15. The SMILES string of the molecule is Cc1ccc(C(=O)/C=C/c2cc(Br)cs2)cc1. The summed E-state index contributed by atoms with van der Waals surface area (Å²) >= 11 is 4.99. The lowest BCUT2D eigenvalue weighted by molar-refractivity contribution is 0.104. The predicted octanol–water partition coefficient (Wildman–Crippen LogP) is 4.72. The van der Waals surface area contributed by atoms with Gasteiger partial charge in [0, 0.05) is 20.3 Å². The molecule has 0 aliphatic heterocycles. The molecule has 0 aliphatic rings.